The van der Waals surface area contributed by atoms with Crippen LogP contribution in [-0.2, 0) is 30.3 Å². The fourth-order valence-electron chi connectivity index (χ4n) is 4.52. The van der Waals surface area contributed by atoms with Crippen LogP contribution < -0.4 is 0 Å². The number of aliphatic hydroxyl groups excluding tert-OH is 1. The minimum absolute atomic E-state index is 0.150. The Labute approximate surface area is 196 Å². The van der Waals surface area contributed by atoms with Crippen LogP contribution in [0.4, 0.5) is 0 Å². The van der Waals surface area contributed by atoms with Gasteiger partial charge in [-0.25, -0.2) is 9.78 Å². The first-order valence-corrected chi connectivity index (χ1v) is 11.8. The zero-order valence-corrected chi connectivity index (χ0v) is 20.4. The first-order chi connectivity index (χ1) is 15.5. The monoisotopic (exact) mass is 475 g/mol. The largest absolute Gasteiger partial charge is 0.427 e. The van der Waals surface area contributed by atoms with Gasteiger partial charge in [0.25, 0.3) is 0 Å². The van der Waals surface area contributed by atoms with Gasteiger partial charge in [0.1, 0.15) is 16.9 Å². The second kappa shape index (κ2) is 8.25. The van der Waals surface area contributed by atoms with E-state index in [-0.39, 0.29) is 23.6 Å². The second-order valence-corrected chi connectivity index (χ2v) is 10.6. The minimum Gasteiger partial charge on any atom is -0.427 e. The van der Waals surface area contributed by atoms with E-state index < -0.39 is 36.2 Å². The number of hydrogen-bond acceptors (Lipinski definition) is 8. The third kappa shape index (κ3) is 3.74. The Bertz CT molecular complexity index is 1150. The lowest BCUT2D eigenvalue weighted by Crippen LogP contribution is -2.63. The number of esters is 2. The molecular weight excluding hydrogens is 446 g/mol. The number of aromatic nitrogens is 2. The molecule has 2 aromatic rings. The van der Waals surface area contributed by atoms with E-state index in [1.165, 1.54) is 16.2 Å². The number of ether oxygens (including phenoxy) is 2. The fourth-order valence-corrected chi connectivity index (χ4v) is 5.81. The van der Waals surface area contributed by atoms with E-state index in [2.05, 4.69) is 4.98 Å². The number of β-lactam (4-membered cyclic amide) rings is 1. The molecule has 178 valence electrons. The van der Waals surface area contributed by atoms with Crippen LogP contribution in [0.25, 0.3) is 10.4 Å². The van der Waals surface area contributed by atoms with Crippen molar-refractivity contribution in [2.45, 2.75) is 60.1 Å². The highest BCUT2D eigenvalue weighted by molar-refractivity contribution is 7.18. The molecule has 0 unspecified atom stereocenters. The number of aliphatic hydroxyl groups is 1. The van der Waals surface area contributed by atoms with Crippen LogP contribution >= 0.6 is 11.3 Å². The topological polar surface area (TPSA) is 110 Å². The van der Waals surface area contributed by atoms with E-state index in [0.29, 0.717) is 5.57 Å². The molecule has 4 rings (SSSR count). The Balaban J connectivity index is 1.69. The molecule has 0 radical (unpaired) electrons. The molecule has 0 aromatic carbocycles. The van der Waals surface area contributed by atoms with Crippen molar-refractivity contribution in [3.63, 3.8) is 0 Å². The highest BCUT2D eigenvalue weighted by Crippen LogP contribution is 2.51. The van der Waals surface area contributed by atoms with Crippen LogP contribution in [0, 0.1) is 17.3 Å². The van der Waals surface area contributed by atoms with Gasteiger partial charge in [0.2, 0.25) is 12.7 Å². The van der Waals surface area contributed by atoms with Gasteiger partial charge >= 0.3 is 11.9 Å². The van der Waals surface area contributed by atoms with Gasteiger partial charge in [-0.15, -0.1) is 11.3 Å². The molecule has 1 N–H and O–H groups in total. The van der Waals surface area contributed by atoms with Crippen LogP contribution in [0.3, 0.4) is 0 Å². The molecule has 4 atom stereocenters. The predicted octanol–water partition coefficient (Wildman–Crippen LogP) is 2.62. The molecule has 4 heterocycles. The zero-order chi connectivity index (χ0) is 24.2. The molecule has 1 saturated heterocycles. The fraction of sp³-hybridized carbons (Fsp3) is 0.565. The van der Waals surface area contributed by atoms with Crippen LogP contribution in [0.15, 0.2) is 18.2 Å². The molecule has 0 spiro atoms. The summed E-state index contributed by atoms with van der Waals surface area (Å²) in [5.41, 5.74) is 1.07. The van der Waals surface area contributed by atoms with Crippen LogP contribution in [0.1, 0.15) is 52.1 Å². The summed E-state index contributed by atoms with van der Waals surface area (Å²) in [4.78, 5) is 45.7. The second-order valence-electron chi connectivity index (χ2n) is 9.60. The van der Waals surface area contributed by atoms with Crippen molar-refractivity contribution in [1.29, 1.82) is 0 Å². The summed E-state index contributed by atoms with van der Waals surface area (Å²) in [6.45, 7) is 10.1. The third-order valence-electron chi connectivity index (χ3n) is 6.24. The lowest BCUT2D eigenvalue weighted by atomic mass is 9.77. The molecule has 1 amide bonds. The van der Waals surface area contributed by atoms with E-state index in [0.717, 1.165) is 21.8 Å². The molecule has 33 heavy (non-hydrogen) atoms. The number of aryl methyl sites for hydroxylation is 1. The third-order valence-corrected chi connectivity index (χ3v) is 7.43. The molecule has 0 aliphatic carbocycles. The highest BCUT2D eigenvalue weighted by Gasteiger charge is 2.60. The van der Waals surface area contributed by atoms with Gasteiger partial charge in [0.05, 0.1) is 34.0 Å². The summed E-state index contributed by atoms with van der Waals surface area (Å²) in [5.74, 6) is -2.31. The van der Waals surface area contributed by atoms with E-state index in [1.54, 1.807) is 34.0 Å². The van der Waals surface area contributed by atoms with Crippen LogP contribution in [-0.4, -0.2) is 56.2 Å². The van der Waals surface area contributed by atoms with E-state index in [1.807, 2.05) is 24.4 Å². The Morgan fingerprint density at radius 2 is 2.00 bits per heavy atom. The normalized spacial score (nSPS) is 23.5. The molecule has 10 heteroatoms. The van der Waals surface area contributed by atoms with Crippen molar-refractivity contribution in [3.05, 3.63) is 28.8 Å². The van der Waals surface area contributed by atoms with Crippen molar-refractivity contribution in [2.24, 2.45) is 17.3 Å². The molecular formula is C23H29N3O6S. The number of fused-ring (bicyclic) bond motifs is 2. The van der Waals surface area contributed by atoms with Crippen molar-refractivity contribution >= 4 is 39.6 Å². The summed E-state index contributed by atoms with van der Waals surface area (Å²) in [5, 5.41) is 10.2. The smallest absolute Gasteiger partial charge is 0.358 e. The lowest BCUT2D eigenvalue weighted by Gasteiger charge is -2.46. The standard InChI is InChI=1S/C23H29N3O6S/c1-7-13-20-25(9-24-13)8-14(33-20)15-11(2)17-16(12(3)27)19(28)26(17)18(15)21(29)31-10-32-22(30)23(4,5)6/h8-9,11-12,16-17,27H,7,10H2,1-6H3/t11-,12+,16+,17+/m0/s1. The summed E-state index contributed by atoms with van der Waals surface area (Å²) >= 11 is 1.50. The van der Waals surface area contributed by atoms with Gasteiger partial charge in [-0.05, 0) is 34.1 Å². The van der Waals surface area contributed by atoms with Gasteiger partial charge < -0.3 is 19.5 Å². The Morgan fingerprint density at radius 3 is 2.61 bits per heavy atom. The number of amides is 1. The SMILES string of the molecule is CCc1ncn2cc(C3=C(C(=O)OCOC(=O)C(C)(C)C)N4C(=O)[C@H]([C@@H](C)O)[C@H]4[C@H]3C)sc12. The number of rotatable bonds is 6. The summed E-state index contributed by atoms with van der Waals surface area (Å²) in [6.07, 6.45) is 3.58. The Hall–Kier alpha value is -2.72. The summed E-state index contributed by atoms with van der Waals surface area (Å²) in [6, 6.07) is -0.336. The van der Waals surface area contributed by atoms with Crippen molar-refractivity contribution < 1.29 is 29.0 Å². The Kier molecular flexibility index (Phi) is 5.86. The van der Waals surface area contributed by atoms with Gasteiger partial charge in [0.15, 0.2) is 0 Å². The van der Waals surface area contributed by atoms with Gasteiger partial charge in [-0.3, -0.25) is 14.0 Å². The van der Waals surface area contributed by atoms with E-state index in [4.69, 9.17) is 9.47 Å². The van der Waals surface area contributed by atoms with E-state index in [9.17, 15) is 19.5 Å². The molecule has 9 nitrogen and oxygen atoms in total. The zero-order valence-electron chi connectivity index (χ0n) is 19.6. The molecule has 2 aromatic heterocycles. The number of nitrogens with zero attached hydrogens (tertiary/aromatic N) is 3. The number of carbonyl (C=O) groups is 3. The van der Waals surface area contributed by atoms with Crippen molar-refractivity contribution in [2.75, 3.05) is 6.79 Å². The van der Waals surface area contributed by atoms with Crippen molar-refractivity contribution in [3.8, 4) is 0 Å². The lowest BCUT2D eigenvalue weighted by molar-refractivity contribution is -0.175. The molecule has 0 saturated carbocycles. The number of thiazole rings is 1. The molecule has 2 aliphatic heterocycles. The number of imidazole rings is 1. The maximum atomic E-state index is 13.2. The van der Waals surface area contributed by atoms with Gasteiger partial charge in [-0.2, -0.15) is 0 Å². The predicted molar refractivity (Wildman–Crippen MR) is 121 cm³/mol. The number of carbonyl (C=O) groups excluding carboxylic acids is 3. The van der Waals surface area contributed by atoms with Crippen LogP contribution in [0.2, 0.25) is 0 Å². The maximum absolute atomic E-state index is 13.2. The van der Waals surface area contributed by atoms with E-state index >= 15 is 0 Å². The molecule has 1 fully saturated rings. The maximum Gasteiger partial charge on any atom is 0.358 e. The summed E-state index contributed by atoms with van der Waals surface area (Å²) < 4.78 is 12.3. The van der Waals surface area contributed by atoms with Crippen molar-refractivity contribution in [1.82, 2.24) is 14.3 Å². The first kappa shape index (κ1) is 23.4. The van der Waals surface area contributed by atoms with Gasteiger partial charge in [-0.1, -0.05) is 13.8 Å². The molecule has 2 aliphatic rings. The number of hydrogen-bond donors (Lipinski definition) is 1. The summed E-state index contributed by atoms with van der Waals surface area (Å²) in [7, 11) is 0. The average molecular weight is 476 g/mol. The Morgan fingerprint density at radius 1 is 1.30 bits per heavy atom. The van der Waals surface area contributed by atoms with Gasteiger partial charge in [0, 0.05) is 17.7 Å². The highest BCUT2D eigenvalue weighted by atomic mass is 32.1. The first-order valence-electron chi connectivity index (χ1n) is 11.0. The minimum atomic E-state index is -0.833. The molecule has 0 bridgehead atoms. The van der Waals surface area contributed by atoms with Crippen LogP contribution in [0.5, 0.6) is 0 Å². The quantitative estimate of drug-likeness (QED) is 0.388. The average Bonchev–Trinajstić information content (AvgIpc) is 3.36.